The number of carbonyl (C=O) groups is 4. The number of methoxy groups -OCH3 is 1. The van der Waals surface area contributed by atoms with Gasteiger partial charge in [0.25, 0.3) is 5.56 Å². The number of hydrogen-bond donors (Lipinski definition) is 0. The standard InChI is InChI=1S/C28H22O2.C22H18N2O2.C22H18O4/c1-19-3-7-23(8-4-19)27(29)25-15-11-21(12-16-25)22-13-17-26(18-14-22)28(30)24-9-5-20(2)6-10-24;1-15-7-11-17(12-8-15)26-18-13-9-16(10-14-18)21-19-5-3-4-6-20(19)22(25)24(2)23-21;1-15(23)16-3-5-17(6-4-16)22(24)18-7-9-20(10-8-18)26-21-13-11-19(25-2)12-14-21/h3-18H,1-2H3;2*3-14H,1-2H3. The zero-order valence-electron chi connectivity index (χ0n) is 46.3. The maximum atomic E-state index is 12.6. The molecule has 0 aliphatic carbocycles. The Morgan fingerprint density at radius 1 is 0.354 bits per heavy atom. The molecule has 0 bridgehead atoms. The summed E-state index contributed by atoms with van der Waals surface area (Å²) >= 11 is 0. The molecule has 0 saturated heterocycles. The predicted octanol–water partition coefficient (Wildman–Crippen LogP) is 16.1. The van der Waals surface area contributed by atoms with E-state index in [-0.39, 0.29) is 28.7 Å². The van der Waals surface area contributed by atoms with E-state index in [2.05, 4.69) is 5.10 Å². The lowest BCUT2D eigenvalue weighted by atomic mass is 9.97. The summed E-state index contributed by atoms with van der Waals surface area (Å²) in [4.78, 5) is 61.4. The number of aryl methyl sites for hydroxylation is 4. The highest BCUT2D eigenvalue weighted by atomic mass is 16.5. The zero-order chi connectivity index (χ0) is 57.7. The second-order valence-electron chi connectivity index (χ2n) is 19.6. The van der Waals surface area contributed by atoms with Crippen molar-refractivity contribution in [3.8, 4) is 51.1 Å². The van der Waals surface area contributed by atoms with Gasteiger partial charge in [-0.1, -0.05) is 168 Å². The van der Waals surface area contributed by atoms with Gasteiger partial charge in [0, 0.05) is 56.9 Å². The van der Waals surface area contributed by atoms with E-state index < -0.39 is 0 Å². The van der Waals surface area contributed by atoms with Crippen LogP contribution in [0.2, 0.25) is 0 Å². The van der Waals surface area contributed by atoms with E-state index in [9.17, 15) is 24.0 Å². The van der Waals surface area contributed by atoms with Crippen molar-refractivity contribution >= 4 is 33.9 Å². The molecule has 0 aliphatic heterocycles. The van der Waals surface area contributed by atoms with Crippen LogP contribution in [0.3, 0.4) is 0 Å². The number of aromatic nitrogens is 2. The lowest BCUT2D eigenvalue weighted by Crippen LogP contribution is -2.20. The molecule has 10 nitrogen and oxygen atoms in total. The SMILES string of the molecule is COc1ccc(Oc2ccc(C(=O)c3ccc(C(C)=O)cc3)cc2)cc1.Cc1ccc(C(=O)c2ccc(-c3ccc(C(=O)c4ccc(C)cc4)cc3)cc2)cc1.Cc1ccc(Oc2ccc(-c3nn(C)c(=O)c4ccccc34)cc2)cc1. The van der Waals surface area contributed by atoms with Gasteiger partial charge in [0.15, 0.2) is 23.1 Å². The van der Waals surface area contributed by atoms with Crippen LogP contribution in [0.1, 0.15) is 81.7 Å². The Morgan fingerprint density at radius 2 is 0.634 bits per heavy atom. The van der Waals surface area contributed by atoms with Crippen LogP contribution in [-0.4, -0.2) is 40.0 Å². The number of fused-ring (bicyclic) bond motifs is 1. The topological polar surface area (TPSA) is 131 Å². The molecule has 10 heteroatoms. The van der Waals surface area contributed by atoms with Gasteiger partial charge in [0.05, 0.1) is 18.2 Å². The first kappa shape index (κ1) is 56.2. The van der Waals surface area contributed by atoms with Gasteiger partial charge in [-0.15, -0.1) is 0 Å². The Hall–Kier alpha value is -10.6. The molecular weight excluding hydrogens is 1020 g/mol. The quantitative estimate of drug-likeness (QED) is 0.0977. The average molecular weight is 1080 g/mol. The molecule has 10 aromatic carbocycles. The van der Waals surface area contributed by atoms with Crippen molar-refractivity contribution in [2.45, 2.75) is 27.7 Å². The van der Waals surface area contributed by atoms with Gasteiger partial charge in [-0.25, -0.2) is 4.68 Å². The van der Waals surface area contributed by atoms with Crippen molar-refractivity contribution in [1.82, 2.24) is 9.78 Å². The lowest BCUT2D eigenvalue weighted by Gasteiger charge is -2.10. The van der Waals surface area contributed by atoms with Crippen LogP contribution in [0.25, 0.3) is 33.2 Å². The van der Waals surface area contributed by atoms with E-state index in [1.165, 1.54) is 17.2 Å². The van der Waals surface area contributed by atoms with Gasteiger partial charge in [-0.05, 0) is 130 Å². The van der Waals surface area contributed by atoms with Crippen LogP contribution in [0.15, 0.2) is 247 Å². The monoisotopic (exact) mass is 1080 g/mol. The lowest BCUT2D eigenvalue weighted by molar-refractivity contribution is 0.101. The molecule has 11 rings (SSSR count). The number of benzene rings is 10. The van der Waals surface area contributed by atoms with Gasteiger partial charge in [0.1, 0.15) is 28.7 Å². The van der Waals surface area contributed by atoms with Crippen LogP contribution < -0.4 is 19.8 Å². The van der Waals surface area contributed by atoms with Crippen LogP contribution in [0.5, 0.6) is 28.7 Å². The maximum Gasteiger partial charge on any atom is 0.274 e. The minimum Gasteiger partial charge on any atom is -0.497 e. The Bertz CT molecular complexity index is 3980. The fraction of sp³-hybridized carbons (Fsp3) is 0.0833. The molecule has 404 valence electrons. The van der Waals surface area contributed by atoms with Crippen LogP contribution in [0.4, 0.5) is 0 Å². The Labute approximate surface area is 476 Å². The molecule has 0 amide bonds. The Morgan fingerprint density at radius 3 is 1.02 bits per heavy atom. The van der Waals surface area contributed by atoms with Gasteiger partial charge >= 0.3 is 0 Å². The summed E-state index contributed by atoms with van der Waals surface area (Å²) in [6, 6.07) is 74.5. The van der Waals surface area contributed by atoms with E-state index in [4.69, 9.17) is 14.2 Å². The van der Waals surface area contributed by atoms with Crippen molar-refractivity contribution < 1.29 is 33.4 Å². The molecule has 82 heavy (non-hydrogen) atoms. The van der Waals surface area contributed by atoms with Crippen molar-refractivity contribution in [2.75, 3.05) is 7.11 Å². The minimum absolute atomic E-state index is 0.0144. The van der Waals surface area contributed by atoms with E-state index >= 15 is 0 Å². The predicted molar refractivity (Wildman–Crippen MR) is 324 cm³/mol. The molecule has 0 atom stereocenters. The van der Waals surface area contributed by atoms with Crippen molar-refractivity contribution in [1.29, 1.82) is 0 Å². The largest absolute Gasteiger partial charge is 0.497 e. The third-order valence-corrected chi connectivity index (χ3v) is 13.6. The number of ether oxygens (including phenoxy) is 3. The number of nitrogens with zero attached hydrogens (tertiary/aromatic N) is 2. The molecule has 1 aromatic heterocycles. The fourth-order valence-electron chi connectivity index (χ4n) is 8.78. The molecule has 0 saturated carbocycles. The smallest absolute Gasteiger partial charge is 0.274 e. The first-order valence-electron chi connectivity index (χ1n) is 26.5. The van der Waals surface area contributed by atoms with Crippen LogP contribution in [-0.2, 0) is 7.05 Å². The summed E-state index contributed by atoms with van der Waals surface area (Å²) in [6.07, 6.45) is 0. The van der Waals surface area contributed by atoms with Gasteiger partial charge in [-0.3, -0.25) is 24.0 Å². The van der Waals surface area contributed by atoms with E-state index in [0.29, 0.717) is 55.8 Å². The highest BCUT2D eigenvalue weighted by Crippen LogP contribution is 2.30. The summed E-state index contributed by atoms with van der Waals surface area (Å²) in [7, 11) is 3.28. The summed E-state index contributed by atoms with van der Waals surface area (Å²) < 4.78 is 18.1. The molecule has 0 spiro atoms. The van der Waals surface area contributed by atoms with E-state index in [0.717, 1.165) is 56.1 Å². The Balaban J connectivity index is 0.000000149. The van der Waals surface area contributed by atoms with Crippen molar-refractivity contribution in [3.63, 3.8) is 0 Å². The number of carbonyl (C=O) groups excluding carboxylic acids is 4. The minimum atomic E-state index is -0.101. The number of Topliss-reactive ketones (excluding diaryl/α,β-unsaturated/α-hetero) is 1. The van der Waals surface area contributed by atoms with Crippen molar-refractivity contribution in [3.05, 3.63) is 309 Å². The molecule has 0 aliphatic rings. The third-order valence-electron chi connectivity index (χ3n) is 13.6. The summed E-state index contributed by atoms with van der Waals surface area (Å²) in [6.45, 7) is 7.55. The first-order chi connectivity index (χ1) is 39.7. The van der Waals surface area contributed by atoms with Crippen molar-refractivity contribution in [2.24, 2.45) is 7.05 Å². The molecule has 1 heterocycles. The molecule has 0 N–H and O–H groups in total. The summed E-state index contributed by atoms with van der Waals surface area (Å²) in [5.41, 5.74) is 11.5. The summed E-state index contributed by atoms with van der Waals surface area (Å²) in [5.74, 6) is 3.54. The Kier molecular flexibility index (Phi) is 17.8. The molecule has 11 aromatic rings. The zero-order valence-corrected chi connectivity index (χ0v) is 46.3. The molecule has 0 fully saturated rings. The molecule has 0 radical (unpaired) electrons. The second kappa shape index (κ2) is 25.9. The summed E-state index contributed by atoms with van der Waals surface area (Å²) in [5, 5.41) is 5.97. The maximum absolute atomic E-state index is 12.6. The highest BCUT2D eigenvalue weighted by Gasteiger charge is 2.14. The van der Waals surface area contributed by atoms with E-state index in [1.807, 2.05) is 215 Å². The highest BCUT2D eigenvalue weighted by molar-refractivity contribution is 6.11. The molecule has 0 unspecified atom stereocenters. The van der Waals surface area contributed by atoms with Gasteiger partial charge in [-0.2, -0.15) is 5.10 Å². The van der Waals surface area contributed by atoms with Crippen LogP contribution >= 0.6 is 0 Å². The molecular formula is C72H58N2O8. The first-order valence-corrected chi connectivity index (χ1v) is 26.5. The van der Waals surface area contributed by atoms with Crippen LogP contribution in [0, 0.1) is 20.8 Å². The normalized spacial score (nSPS) is 10.6. The fourth-order valence-corrected chi connectivity index (χ4v) is 8.78. The van der Waals surface area contributed by atoms with Gasteiger partial charge < -0.3 is 14.2 Å². The number of ketones is 4. The van der Waals surface area contributed by atoms with E-state index in [1.54, 1.807) is 62.7 Å². The second-order valence-corrected chi connectivity index (χ2v) is 19.6. The third kappa shape index (κ3) is 14.0. The number of hydrogen-bond acceptors (Lipinski definition) is 9. The van der Waals surface area contributed by atoms with Gasteiger partial charge in [0.2, 0.25) is 0 Å². The average Bonchev–Trinajstić information content (AvgIpc) is 3.71. The number of rotatable bonds is 14.